The molecule has 2 heteroatoms. The molecule has 2 bridgehead atoms. The monoisotopic (exact) mass is 136 g/mol. The van der Waals surface area contributed by atoms with Gasteiger partial charge in [-0.15, -0.1) is 0 Å². The van der Waals surface area contributed by atoms with E-state index in [-0.39, 0.29) is 5.41 Å². The minimum Gasteiger partial charge on any atom is -0.317 e. The highest BCUT2D eigenvalue weighted by atomic mass is 14.9. The highest BCUT2D eigenvalue weighted by molar-refractivity contribution is 5.17. The first-order chi connectivity index (χ1) is 4.79. The summed E-state index contributed by atoms with van der Waals surface area (Å²) in [6.07, 6.45) is 3.38. The van der Waals surface area contributed by atoms with Crippen molar-refractivity contribution in [3.05, 3.63) is 0 Å². The molecule has 1 unspecified atom stereocenters. The lowest BCUT2D eigenvalue weighted by Gasteiger charge is -2.31. The second-order valence-electron chi connectivity index (χ2n) is 3.66. The van der Waals surface area contributed by atoms with Crippen LogP contribution in [0.4, 0.5) is 0 Å². The first-order valence-corrected chi connectivity index (χ1v) is 3.88. The van der Waals surface area contributed by atoms with Crippen LogP contribution in [0.3, 0.4) is 0 Å². The van der Waals surface area contributed by atoms with Crippen LogP contribution in [0.1, 0.15) is 19.3 Å². The summed E-state index contributed by atoms with van der Waals surface area (Å²) < 4.78 is 0. The van der Waals surface area contributed by atoms with Crippen molar-refractivity contribution in [1.82, 2.24) is 5.32 Å². The van der Waals surface area contributed by atoms with Crippen molar-refractivity contribution in [3.8, 4) is 6.07 Å². The lowest BCUT2D eigenvalue weighted by atomic mass is 9.71. The molecule has 3 fully saturated rings. The van der Waals surface area contributed by atoms with Crippen molar-refractivity contribution in [2.45, 2.75) is 25.3 Å². The summed E-state index contributed by atoms with van der Waals surface area (Å²) in [5.41, 5.74) is 0.0956. The van der Waals surface area contributed by atoms with Crippen LogP contribution in [0.15, 0.2) is 0 Å². The molecule has 0 radical (unpaired) electrons. The predicted molar refractivity (Wildman–Crippen MR) is 38.2 cm³/mol. The molecule has 1 N–H and O–H groups in total. The molecule has 0 aromatic rings. The Morgan fingerprint density at radius 2 is 2.20 bits per heavy atom. The van der Waals surface area contributed by atoms with Crippen LogP contribution >= 0.6 is 0 Å². The summed E-state index contributed by atoms with van der Waals surface area (Å²) in [5, 5.41) is 12.1. The van der Waals surface area contributed by atoms with Gasteiger partial charge in [0.15, 0.2) is 0 Å². The molecule has 0 amide bonds. The zero-order valence-corrected chi connectivity index (χ0v) is 6.22. The van der Waals surface area contributed by atoms with E-state index in [9.17, 15) is 0 Å². The fraction of sp³-hybridized carbons (Fsp3) is 0.875. The van der Waals surface area contributed by atoms with E-state index in [4.69, 9.17) is 5.26 Å². The fourth-order valence-electron chi connectivity index (χ4n) is 2.46. The third-order valence-electron chi connectivity index (χ3n) is 3.09. The zero-order chi connectivity index (χ0) is 7.19. The van der Waals surface area contributed by atoms with Gasteiger partial charge < -0.3 is 5.32 Å². The Morgan fingerprint density at radius 3 is 2.50 bits per heavy atom. The molecule has 3 rings (SSSR count). The molecule has 3 aliphatic carbocycles. The Morgan fingerprint density at radius 1 is 1.50 bits per heavy atom. The summed E-state index contributed by atoms with van der Waals surface area (Å²) in [7, 11) is 2.00. The second-order valence-corrected chi connectivity index (χ2v) is 3.66. The van der Waals surface area contributed by atoms with Crippen molar-refractivity contribution in [3.63, 3.8) is 0 Å². The van der Waals surface area contributed by atoms with Crippen molar-refractivity contribution in [2.75, 3.05) is 7.05 Å². The van der Waals surface area contributed by atoms with Gasteiger partial charge in [0.1, 0.15) is 0 Å². The molecule has 3 saturated carbocycles. The summed E-state index contributed by atoms with van der Waals surface area (Å²) in [6.45, 7) is 0. The Balaban J connectivity index is 2.10. The van der Waals surface area contributed by atoms with E-state index in [1.807, 2.05) is 7.05 Å². The fourth-order valence-corrected chi connectivity index (χ4v) is 2.46. The average molecular weight is 136 g/mol. The lowest BCUT2D eigenvalue weighted by molar-refractivity contribution is 0.211. The Labute approximate surface area is 61.2 Å². The molecule has 10 heavy (non-hydrogen) atoms. The molecule has 0 spiro atoms. The molecular formula is C8H12N2. The van der Waals surface area contributed by atoms with Gasteiger partial charge in [-0.2, -0.15) is 5.26 Å². The van der Waals surface area contributed by atoms with Crippen molar-refractivity contribution in [1.29, 1.82) is 5.26 Å². The van der Waals surface area contributed by atoms with E-state index in [0.717, 1.165) is 25.2 Å². The lowest BCUT2D eigenvalue weighted by Crippen LogP contribution is -2.30. The maximum absolute atomic E-state index is 8.80. The first-order valence-electron chi connectivity index (χ1n) is 3.88. The number of rotatable bonds is 1. The van der Waals surface area contributed by atoms with Crippen molar-refractivity contribution in [2.24, 2.45) is 11.3 Å². The molecule has 0 heterocycles. The molecule has 0 saturated heterocycles. The van der Waals surface area contributed by atoms with Gasteiger partial charge in [-0.05, 0) is 32.2 Å². The largest absolute Gasteiger partial charge is 0.317 e. The molecule has 3 aliphatic rings. The van der Waals surface area contributed by atoms with Gasteiger partial charge in [0.05, 0.1) is 11.5 Å². The van der Waals surface area contributed by atoms with Crippen LogP contribution in [0.5, 0.6) is 0 Å². The van der Waals surface area contributed by atoms with Crippen LogP contribution in [-0.2, 0) is 0 Å². The van der Waals surface area contributed by atoms with E-state index in [0.29, 0.717) is 6.04 Å². The molecule has 0 aliphatic heterocycles. The highest BCUT2D eigenvalue weighted by Gasteiger charge is 2.55. The minimum atomic E-state index is 0.0956. The number of fused-ring (bicyclic) bond motifs is 1. The van der Waals surface area contributed by atoms with Gasteiger partial charge in [0.2, 0.25) is 0 Å². The van der Waals surface area contributed by atoms with Gasteiger partial charge in [-0.1, -0.05) is 0 Å². The molecule has 54 valence electrons. The van der Waals surface area contributed by atoms with E-state index in [2.05, 4.69) is 11.4 Å². The maximum Gasteiger partial charge on any atom is 0.0690 e. The standard InChI is InChI=1S/C8H12N2/c1-10-7-4-8(5-9)2-6(7)3-8/h6-7,10H,2-4H2,1H3. The minimum absolute atomic E-state index is 0.0956. The molecular weight excluding hydrogens is 124 g/mol. The Hall–Kier alpha value is -0.550. The smallest absolute Gasteiger partial charge is 0.0690 e. The quantitative estimate of drug-likeness (QED) is 0.581. The predicted octanol–water partition coefficient (Wildman–Crippen LogP) is 0.898. The molecule has 2 nitrogen and oxygen atoms in total. The Bertz CT molecular complexity index is 186. The van der Waals surface area contributed by atoms with Crippen LogP contribution in [-0.4, -0.2) is 13.1 Å². The third kappa shape index (κ3) is 0.564. The van der Waals surface area contributed by atoms with Crippen LogP contribution < -0.4 is 5.32 Å². The molecule has 0 aromatic carbocycles. The summed E-state index contributed by atoms with van der Waals surface area (Å²) in [4.78, 5) is 0. The van der Waals surface area contributed by atoms with Crippen LogP contribution in [0.2, 0.25) is 0 Å². The first kappa shape index (κ1) is 6.18. The number of hydrogen-bond acceptors (Lipinski definition) is 2. The van der Waals surface area contributed by atoms with Gasteiger partial charge in [-0.3, -0.25) is 0 Å². The highest BCUT2D eigenvalue weighted by Crippen LogP contribution is 2.58. The number of hydrogen-bond donors (Lipinski definition) is 1. The number of nitrogens with one attached hydrogen (secondary N) is 1. The number of nitrogens with zero attached hydrogens (tertiary/aromatic N) is 1. The zero-order valence-electron chi connectivity index (χ0n) is 6.22. The normalized spacial score (nSPS) is 50.0. The SMILES string of the molecule is CNC1CC2(C#N)CC1C2. The van der Waals surface area contributed by atoms with Crippen molar-refractivity contribution >= 4 is 0 Å². The van der Waals surface area contributed by atoms with Crippen molar-refractivity contribution < 1.29 is 0 Å². The third-order valence-corrected chi connectivity index (χ3v) is 3.09. The van der Waals surface area contributed by atoms with Gasteiger partial charge in [0, 0.05) is 6.04 Å². The van der Waals surface area contributed by atoms with Crippen LogP contribution in [0.25, 0.3) is 0 Å². The summed E-state index contributed by atoms with van der Waals surface area (Å²) in [6, 6.07) is 3.07. The number of nitriles is 1. The van der Waals surface area contributed by atoms with Gasteiger partial charge in [0.25, 0.3) is 0 Å². The molecule has 1 atom stereocenters. The summed E-state index contributed by atoms with van der Waals surface area (Å²) >= 11 is 0. The average Bonchev–Trinajstić information content (AvgIpc) is 2.38. The van der Waals surface area contributed by atoms with Gasteiger partial charge >= 0.3 is 0 Å². The summed E-state index contributed by atoms with van der Waals surface area (Å²) in [5.74, 6) is 0.810. The van der Waals surface area contributed by atoms with E-state index < -0.39 is 0 Å². The maximum atomic E-state index is 8.80. The second kappa shape index (κ2) is 1.73. The van der Waals surface area contributed by atoms with Crippen LogP contribution in [0, 0.1) is 22.7 Å². The molecule has 0 aromatic heterocycles. The van der Waals surface area contributed by atoms with E-state index in [1.165, 1.54) is 0 Å². The Kier molecular flexibility index (Phi) is 1.07. The topological polar surface area (TPSA) is 35.8 Å². The van der Waals surface area contributed by atoms with E-state index in [1.54, 1.807) is 0 Å². The van der Waals surface area contributed by atoms with E-state index >= 15 is 0 Å². The van der Waals surface area contributed by atoms with Gasteiger partial charge in [-0.25, -0.2) is 0 Å².